The fourth-order valence-corrected chi connectivity index (χ4v) is 3.28. The van der Waals surface area contributed by atoms with Crippen LogP contribution in [0, 0.1) is 5.92 Å². The Labute approximate surface area is 138 Å². The van der Waals surface area contributed by atoms with Crippen LogP contribution in [0.25, 0.3) is 5.65 Å². The minimum atomic E-state index is -0.864. The first kappa shape index (κ1) is 16.2. The number of hydrogen-bond donors (Lipinski definition) is 1. The molecule has 1 fully saturated rings. The van der Waals surface area contributed by atoms with Crippen molar-refractivity contribution in [3.63, 3.8) is 0 Å². The Morgan fingerprint density at radius 2 is 2.17 bits per heavy atom. The van der Waals surface area contributed by atoms with Crippen LogP contribution in [0.15, 0.2) is 29.2 Å². The molecular weight excluding hydrogens is 312 g/mol. The van der Waals surface area contributed by atoms with E-state index in [2.05, 4.69) is 5.10 Å². The number of rotatable bonds is 4. The Morgan fingerprint density at radius 3 is 2.88 bits per heavy atom. The van der Waals surface area contributed by atoms with E-state index >= 15 is 0 Å². The van der Waals surface area contributed by atoms with Gasteiger partial charge in [0.2, 0.25) is 5.91 Å². The number of carbonyl (C=O) groups excluding carboxylic acids is 1. The van der Waals surface area contributed by atoms with E-state index in [-0.39, 0.29) is 30.6 Å². The number of aliphatic carboxylic acids is 1. The molecule has 0 bridgehead atoms. The van der Waals surface area contributed by atoms with Gasteiger partial charge in [0.25, 0.3) is 0 Å². The first-order valence-corrected chi connectivity index (χ1v) is 8.05. The van der Waals surface area contributed by atoms with E-state index in [1.807, 2.05) is 0 Å². The number of aryl methyl sites for hydroxylation is 1. The maximum Gasteiger partial charge on any atom is 0.350 e. The van der Waals surface area contributed by atoms with Crippen LogP contribution in [0.4, 0.5) is 0 Å². The van der Waals surface area contributed by atoms with Gasteiger partial charge in [-0.15, -0.1) is 5.10 Å². The number of likely N-dealkylation sites (tertiary alicyclic amines) is 1. The minimum Gasteiger partial charge on any atom is -0.481 e. The number of pyridine rings is 1. The monoisotopic (exact) mass is 332 g/mol. The maximum absolute atomic E-state index is 12.5. The molecule has 128 valence electrons. The van der Waals surface area contributed by atoms with Gasteiger partial charge in [0.1, 0.15) is 0 Å². The van der Waals surface area contributed by atoms with Crippen molar-refractivity contribution in [3.05, 3.63) is 34.9 Å². The van der Waals surface area contributed by atoms with E-state index in [1.165, 1.54) is 9.08 Å². The number of fused-ring (bicyclic) bond motifs is 1. The summed E-state index contributed by atoms with van der Waals surface area (Å²) >= 11 is 0. The summed E-state index contributed by atoms with van der Waals surface area (Å²) in [5, 5.41) is 13.4. The molecule has 1 aliphatic rings. The second-order valence-electron chi connectivity index (χ2n) is 6.10. The fraction of sp³-hybridized carbons (Fsp3) is 0.500. The topological polar surface area (TPSA) is 96.9 Å². The van der Waals surface area contributed by atoms with E-state index in [0.717, 1.165) is 0 Å². The highest BCUT2D eigenvalue weighted by Crippen LogP contribution is 2.24. The molecule has 0 spiro atoms. The average molecular weight is 332 g/mol. The molecule has 0 aliphatic carbocycles. The molecule has 1 saturated heterocycles. The zero-order valence-corrected chi connectivity index (χ0v) is 13.5. The van der Waals surface area contributed by atoms with Crippen molar-refractivity contribution in [2.24, 2.45) is 5.92 Å². The Hall–Kier alpha value is -2.64. The minimum absolute atomic E-state index is 0.125. The molecule has 1 aliphatic heterocycles. The number of amides is 1. The first-order chi connectivity index (χ1) is 11.5. The van der Waals surface area contributed by atoms with Crippen LogP contribution in [-0.2, 0) is 16.1 Å². The van der Waals surface area contributed by atoms with Crippen LogP contribution >= 0.6 is 0 Å². The van der Waals surface area contributed by atoms with Gasteiger partial charge in [-0.1, -0.05) is 6.07 Å². The number of aromatic nitrogens is 3. The maximum atomic E-state index is 12.5. The van der Waals surface area contributed by atoms with Gasteiger partial charge in [-0.3, -0.25) is 14.0 Å². The van der Waals surface area contributed by atoms with Gasteiger partial charge in [-0.2, -0.15) is 0 Å². The molecule has 0 saturated carbocycles. The molecule has 8 nitrogen and oxygen atoms in total. The van der Waals surface area contributed by atoms with Crippen LogP contribution in [0.1, 0.15) is 26.2 Å². The third kappa shape index (κ3) is 2.91. The van der Waals surface area contributed by atoms with Crippen molar-refractivity contribution >= 4 is 17.5 Å². The third-order valence-corrected chi connectivity index (χ3v) is 4.65. The summed E-state index contributed by atoms with van der Waals surface area (Å²) in [6.07, 6.45) is 3.03. The van der Waals surface area contributed by atoms with E-state index in [4.69, 9.17) is 0 Å². The van der Waals surface area contributed by atoms with Gasteiger partial charge >= 0.3 is 11.7 Å². The van der Waals surface area contributed by atoms with Crippen LogP contribution < -0.4 is 5.69 Å². The number of carboxylic acid groups (broad SMARTS) is 1. The Bertz CT molecular complexity index is 825. The zero-order valence-electron chi connectivity index (χ0n) is 13.5. The summed E-state index contributed by atoms with van der Waals surface area (Å²) in [7, 11) is 0. The molecule has 2 aromatic rings. The number of piperidine rings is 1. The summed E-state index contributed by atoms with van der Waals surface area (Å²) in [4.78, 5) is 37.5. The van der Waals surface area contributed by atoms with Crippen molar-refractivity contribution in [3.8, 4) is 0 Å². The SMILES string of the molecule is C[C@@H]1[C@H](C(=O)O)CCCN1C(=O)CCn1nc2ccccn2c1=O. The largest absolute Gasteiger partial charge is 0.481 e. The number of nitrogens with zero attached hydrogens (tertiary/aromatic N) is 4. The summed E-state index contributed by atoms with van der Waals surface area (Å²) in [5.74, 6) is -1.53. The molecule has 1 amide bonds. The average Bonchev–Trinajstić information content (AvgIpc) is 2.89. The van der Waals surface area contributed by atoms with Crippen LogP contribution in [0.3, 0.4) is 0 Å². The number of carboxylic acids is 1. The van der Waals surface area contributed by atoms with Crippen molar-refractivity contribution in [2.75, 3.05) is 6.54 Å². The third-order valence-electron chi connectivity index (χ3n) is 4.65. The fourth-order valence-electron chi connectivity index (χ4n) is 3.28. The highest BCUT2D eigenvalue weighted by atomic mass is 16.4. The quantitative estimate of drug-likeness (QED) is 0.884. The molecule has 0 aromatic carbocycles. The van der Waals surface area contributed by atoms with Gasteiger partial charge in [-0.25, -0.2) is 9.48 Å². The van der Waals surface area contributed by atoms with Crippen molar-refractivity contribution < 1.29 is 14.7 Å². The van der Waals surface area contributed by atoms with E-state index < -0.39 is 11.9 Å². The lowest BCUT2D eigenvalue weighted by atomic mass is 9.90. The molecule has 2 atom stereocenters. The molecule has 0 radical (unpaired) electrons. The molecular formula is C16H20N4O4. The standard InChI is InChI=1S/C16H20N4O4/c1-11-12(15(22)23)5-4-9-18(11)14(21)7-10-20-16(24)19-8-3-2-6-13(19)17-20/h2-3,6,8,11-12H,4-5,7,9-10H2,1H3,(H,22,23)/t11-,12-/m1/s1. The van der Waals surface area contributed by atoms with Crippen LogP contribution in [0.5, 0.6) is 0 Å². The Balaban J connectivity index is 1.69. The lowest BCUT2D eigenvalue weighted by Gasteiger charge is -2.37. The number of carbonyl (C=O) groups is 2. The van der Waals surface area contributed by atoms with Crippen molar-refractivity contribution in [1.29, 1.82) is 0 Å². The summed E-state index contributed by atoms with van der Waals surface area (Å²) in [5.41, 5.74) is 0.251. The van der Waals surface area contributed by atoms with Gasteiger partial charge in [0, 0.05) is 25.2 Å². The predicted octanol–water partition coefficient (Wildman–Crippen LogP) is 0.598. The summed E-state index contributed by atoms with van der Waals surface area (Å²) in [6, 6.07) is 4.93. The molecule has 8 heteroatoms. The van der Waals surface area contributed by atoms with E-state index in [1.54, 1.807) is 36.2 Å². The van der Waals surface area contributed by atoms with Crippen LogP contribution in [-0.4, -0.2) is 48.7 Å². The summed E-state index contributed by atoms with van der Waals surface area (Å²) < 4.78 is 2.70. The normalized spacial score (nSPS) is 21.1. The first-order valence-electron chi connectivity index (χ1n) is 8.05. The Morgan fingerprint density at radius 1 is 1.38 bits per heavy atom. The van der Waals surface area contributed by atoms with Crippen molar-refractivity contribution in [2.45, 2.75) is 38.8 Å². The molecule has 1 N–H and O–H groups in total. The Kier molecular flexibility index (Phi) is 4.37. The van der Waals surface area contributed by atoms with Crippen LogP contribution in [0.2, 0.25) is 0 Å². The smallest absolute Gasteiger partial charge is 0.350 e. The van der Waals surface area contributed by atoms with E-state index in [9.17, 15) is 19.5 Å². The summed E-state index contributed by atoms with van der Waals surface area (Å²) in [6.45, 7) is 2.51. The molecule has 3 rings (SSSR count). The van der Waals surface area contributed by atoms with Gasteiger partial charge in [-0.05, 0) is 31.9 Å². The van der Waals surface area contributed by atoms with Gasteiger partial charge < -0.3 is 10.0 Å². The van der Waals surface area contributed by atoms with E-state index in [0.29, 0.717) is 25.0 Å². The molecule has 3 heterocycles. The molecule has 24 heavy (non-hydrogen) atoms. The highest BCUT2D eigenvalue weighted by Gasteiger charge is 2.35. The second-order valence-corrected chi connectivity index (χ2v) is 6.10. The lowest BCUT2D eigenvalue weighted by Crippen LogP contribution is -2.49. The predicted molar refractivity (Wildman–Crippen MR) is 85.6 cm³/mol. The number of hydrogen-bond acceptors (Lipinski definition) is 4. The van der Waals surface area contributed by atoms with Crippen molar-refractivity contribution in [1.82, 2.24) is 19.1 Å². The lowest BCUT2D eigenvalue weighted by molar-refractivity contribution is -0.149. The van der Waals surface area contributed by atoms with Gasteiger partial charge in [0.15, 0.2) is 5.65 Å². The molecule has 0 unspecified atom stereocenters. The second kappa shape index (κ2) is 6.46. The van der Waals surface area contributed by atoms with Gasteiger partial charge in [0.05, 0.1) is 12.5 Å². The molecule has 2 aromatic heterocycles. The highest BCUT2D eigenvalue weighted by molar-refractivity contribution is 5.78. The zero-order chi connectivity index (χ0) is 17.3.